The lowest BCUT2D eigenvalue weighted by Gasteiger charge is -2.24. The van der Waals surface area contributed by atoms with E-state index in [2.05, 4.69) is 30.9 Å². The molecule has 0 atom stereocenters. The molecule has 0 aliphatic heterocycles. The zero-order chi connectivity index (χ0) is 12.7. The first kappa shape index (κ1) is 13.7. The summed E-state index contributed by atoms with van der Waals surface area (Å²) in [4.78, 5) is 2.37. The fourth-order valence-corrected chi connectivity index (χ4v) is 1.88. The van der Waals surface area contributed by atoms with Crippen molar-refractivity contribution in [1.29, 1.82) is 0 Å². The normalized spacial score (nSPS) is 10.1. The van der Waals surface area contributed by atoms with Gasteiger partial charge in [0.05, 0.1) is 14.2 Å². The first-order chi connectivity index (χ1) is 8.24. The maximum absolute atomic E-state index is 5.30. The quantitative estimate of drug-likeness (QED) is 0.726. The standard InChI is InChI=1S/C14H23NO2/c1-5-7-15(8-6-2)12-9-13(16-3)11-14(10-12)17-4/h9-11H,5-8H2,1-4H3. The molecule has 3 nitrogen and oxygen atoms in total. The Labute approximate surface area is 104 Å². The van der Waals surface area contributed by atoms with E-state index in [1.54, 1.807) is 14.2 Å². The van der Waals surface area contributed by atoms with Gasteiger partial charge < -0.3 is 14.4 Å². The summed E-state index contributed by atoms with van der Waals surface area (Å²) in [5.41, 5.74) is 1.17. The van der Waals surface area contributed by atoms with Crippen molar-refractivity contribution < 1.29 is 9.47 Å². The molecule has 0 aromatic heterocycles. The minimum absolute atomic E-state index is 0.844. The number of rotatable bonds is 7. The summed E-state index contributed by atoms with van der Waals surface area (Å²) in [6, 6.07) is 6.03. The topological polar surface area (TPSA) is 21.7 Å². The van der Waals surface area contributed by atoms with Gasteiger partial charge in [0.25, 0.3) is 0 Å². The van der Waals surface area contributed by atoms with Gasteiger partial charge in [0.15, 0.2) is 0 Å². The van der Waals surface area contributed by atoms with Crippen molar-refractivity contribution in [1.82, 2.24) is 0 Å². The number of hydrogen-bond acceptors (Lipinski definition) is 3. The highest BCUT2D eigenvalue weighted by molar-refractivity contribution is 5.55. The third-order valence-corrected chi connectivity index (χ3v) is 2.69. The van der Waals surface area contributed by atoms with Gasteiger partial charge in [0, 0.05) is 37.0 Å². The van der Waals surface area contributed by atoms with Crippen molar-refractivity contribution in [3.8, 4) is 11.5 Å². The SMILES string of the molecule is CCCN(CCC)c1cc(OC)cc(OC)c1. The lowest BCUT2D eigenvalue weighted by Crippen LogP contribution is -2.24. The van der Waals surface area contributed by atoms with E-state index in [1.165, 1.54) is 5.69 Å². The van der Waals surface area contributed by atoms with Crippen LogP contribution in [-0.4, -0.2) is 27.3 Å². The van der Waals surface area contributed by atoms with Gasteiger partial charge >= 0.3 is 0 Å². The summed E-state index contributed by atoms with van der Waals surface area (Å²) in [5.74, 6) is 1.69. The van der Waals surface area contributed by atoms with Crippen LogP contribution in [0.5, 0.6) is 11.5 Å². The Morgan fingerprint density at radius 2 is 1.35 bits per heavy atom. The van der Waals surface area contributed by atoms with Crippen LogP contribution in [0.4, 0.5) is 5.69 Å². The third kappa shape index (κ3) is 3.84. The van der Waals surface area contributed by atoms with Gasteiger partial charge in [-0.1, -0.05) is 13.8 Å². The first-order valence-electron chi connectivity index (χ1n) is 6.23. The highest BCUT2D eigenvalue weighted by Crippen LogP contribution is 2.28. The van der Waals surface area contributed by atoms with Crippen molar-refractivity contribution in [2.24, 2.45) is 0 Å². The molecule has 0 aliphatic rings. The molecule has 0 spiro atoms. The van der Waals surface area contributed by atoms with Gasteiger partial charge in [0.1, 0.15) is 11.5 Å². The molecule has 1 aromatic rings. The minimum atomic E-state index is 0.844. The van der Waals surface area contributed by atoms with E-state index in [0.29, 0.717) is 0 Å². The summed E-state index contributed by atoms with van der Waals surface area (Å²) in [6.07, 6.45) is 2.28. The van der Waals surface area contributed by atoms with Crippen LogP contribution in [0.2, 0.25) is 0 Å². The second-order valence-corrected chi connectivity index (χ2v) is 4.06. The summed E-state index contributed by atoms with van der Waals surface area (Å²) in [5, 5.41) is 0. The highest BCUT2D eigenvalue weighted by Gasteiger charge is 2.08. The lowest BCUT2D eigenvalue weighted by atomic mass is 10.2. The Morgan fingerprint density at radius 1 is 0.882 bits per heavy atom. The molecule has 0 radical (unpaired) electrons. The Kier molecular flexibility index (Phi) is 5.67. The second kappa shape index (κ2) is 7.05. The van der Waals surface area contributed by atoms with Gasteiger partial charge in [-0.3, -0.25) is 0 Å². The number of hydrogen-bond donors (Lipinski definition) is 0. The molecule has 96 valence electrons. The van der Waals surface area contributed by atoms with Crippen molar-refractivity contribution in [3.05, 3.63) is 18.2 Å². The predicted octanol–water partition coefficient (Wildman–Crippen LogP) is 3.33. The van der Waals surface area contributed by atoms with Gasteiger partial charge in [0.2, 0.25) is 0 Å². The molecule has 0 saturated carbocycles. The lowest BCUT2D eigenvalue weighted by molar-refractivity contribution is 0.394. The zero-order valence-electron chi connectivity index (χ0n) is 11.3. The van der Waals surface area contributed by atoms with Crippen molar-refractivity contribution in [3.63, 3.8) is 0 Å². The van der Waals surface area contributed by atoms with Crippen LogP contribution in [0, 0.1) is 0 Å². The monoisotopic (exact) mass is 237 g/mol. The van der Waals surface area contributed by atoms with Gasteiger partial charge in [-0.2, -0.15) is 0 Å². The largest absolute Gasteiger partial charge is 0.497 e. The van der Waals surface area contributed by atoms with Gasteiger partial charge in [-0.15, -0.1) is 0 Å². The fraction of sp³-hybridized carbons (Fsp3) is 0.571. The van der Waals surface area contributed by atoms with E-state index in [1.807, 2.05) is 6.07 Å². The Hall–Kier alpha value is -1.38. The molecule has 17 heavy (non-hydrogen) atoms. The molecule has 3 heteroatoms. The maximum Gasteiger partial charge on any atom is 0.124 e. The predicted molar refractivity (Wildman–Crippen MR) is 72.3 cm³/mol. The maximum atomic E-state index is 5.30. The van der Waals surface area contributed by atoms with Crippen LogP contribution >= 0.6 is 0 Å². The molecule has 0 unspecified atom stereocenters. The average molecular weight is 237 g/mol. The van der Waals surface area contributed by atoms with E-state index in [4.69, 9.17) is 9.47 Å². The molecule has 0 heterocycles. The molecule has 1 aromatic carbocycles. The van der Waals surface area contributed by atoms with E-state index < -0.39 is 0 Å². The average Bonchev–Trinajstić information content (AvgIpc) is 2.37. The molecular weight excluding hydrogens is 214 g/mol. The van der Waals surface area contributed by atoms with Gasteiger partial charge in [-0.25, -0.2) is 0 Å². The molecule has 0 amide bonds. The molecule has 0 N–H and O–H groups in total. The number of nitrogens with zero attached hydrogens (tertiary/aromatic N) is 1. The van der Waals surface area contributed by atoms with E-state index >= 15 is 0 Å². The number of ether oxygens (including phenoxy) is 2. The molecular formula is C14H23NO2. The summed E-state index contributed by atoms with van der Waals surface area (Å²) in [6.45, 7) is 6.51. The highest BCUT2D eigenvalue weighted by atomic mass is 16.5. The van der Waals surface area contributed by atoms with E-state index in [0.717, 1.165) is 37.4 Å². The Balaban J connectivity index is 2.99. The van der Waals surface area contributed by atoms with E-state index in [-0.39, 0.29) is 0 Å². The van der Waals surface area contributed by atoms with Crippen LogP contribution in [0.15, 0.2) is 18.2 Å². The van der Waals surface area contributed by atoms with Crippen LogP contribution in [0.3, 0.4) is 0 Å². The Bertz CT molecular complexity index is 311. The number of anilines is 1. The van der Waals surface area contributed by atoms with Crippen molar-refractivity contribution in [2.75, 3.05) is 32.2 Å². The van der Waals surface area contributed by atoms with Crippen LogP contribution in [0.1, 0.15) is 26.7 Å². The van der Waals surface area contributed by atoms with Crippen molar-refractivity contribution in [2.45, 2.75) is 26.7 Å². The summed E-state index contributed by atoms with van der Waals surface area (Å²) >= 11 is 0. The molecule has 0 saturated heterocycles. The molecule has 0 bridgehead atoms. The van der Waals surface area contributed by atoms with Crippen LogP contribution in [-0.2, 0) is 0 Å². The minimum Gasteiger partial charge on any atom is -0.497 e. The van der Waals surface area contributed by atoms with Crippen molar-refractivity contribution >= 4 is 5.69 Å². The summed E-state index contributed by atoms with van der Waals surface area (Å²) in [7, 11) is 3.37. The Morgan fingerprint density at radius 3 is 1.71 bits per heavy atom. The van der Waals surface area contributed by atoms with E-state index in [9.17, 15) is 0 Å². The number of methoxy groups -OCH3 is 2. The number of benzene rings is 1. The van der Waals surface area contributed by atoms with Gasteiger partial charge in [-0.05, 0) is 12.8 Å². The molecule has 0 fully saturated rings. The summed E-state index contributed by atoms with van der Waals surface area (Å²) < 4.78 is 10.6. The smallest absolute Gasteiger partial charge is 0.124 e. The van der Waals surface area contributed by atoms with Crippen LogP contribution in [0.25, 0.3) is 0 Å². The second-order valence-electron chi connectivity index (χ2n) is 4.06. The zero-order valence-corrected chi connectivity index (χ0v) is 11.3. The first-order valence-corrected chi connectivity index (χ1v) is 6.23. The van der Waals surface area contributed by atoms with Crippen LogP contribution < -0.4 is 14.4 Å². The molecule has 1 rings (SSSR count). The molecule has 0 aliphatic carbocycles. The third-order valence-electron chi connectivity index (χ3n) is 2.69. The fourth-order valence-electron chi connectivity index (χ4n) is 1.88.